The molecule has 1 aliphatic rings. The minimum Gasteiger partial charge on any atom is -0.384 e. The van der Waals surface area contributed by atoms with Crippen LogP contribution in [0.2, 0.25) is 0 Å². The molecule has 2 heterocycles. The van der Waals surface area contributed by atoms with E-state index in [-0.39, 0.29) is 5.91 Å². The van der Waals surface area contributed by atoms with E-state index >= 15 is 0 Å². The van der Waals surface area contributed by atoms with Crippen LogP contribution in [0.5, 0.6) is 0 Å². The fourth-order valence-corrected chi connectivity index (χ4v) is 1.40. The Bertz CT molecular complexity index is 369. The molecule has 2 N–H and O–H groups in total. The Morgan fingerprint density at radius 2 is 2.29 bits per heavy atom. The average Bonchev–Trinajstić information content (AvgIpc) is 2.20. The maximum Gasteiger partial charge on any atom is 0.250 e. The lowest BCUT2D eigenvalue weighted by atomic mass is 10.2. The Hall–Kier alpha value is -1.84. The van der Waals surface area contributed by atoms with Crippen LogP contribution in [-0.2, 0) is 4.79 Å². The molecule has 0 radical (unpaired) electrons. The fourth-order valence-electron chi connectivity index (χ4n) is 1.40. The highest BCUT2D eigenvalue weighted by atomic mass is 16.2. The summed E-state index contributed by atoms with van der Waals surface area (Å²) in [5.41, 5.74) is 6.26. The number of hydrogen-bond acceptors (Lipinski definition) is 3. The van der Waals surface area contributed by atoms with Gasteiger partial charge in [-0.25, -0.2) is 4.98 Å². The van der Waals surface area contributed by atoms with E-state index in [1.807, 2.05) is 6.08 Å². The molecule has 0 aromatic carbocycles. The number of anilines is 2. The summed E-state index contributed by atoms with van der Waals surface area (Å²) in [4.78, 5) is 17.1. The minimum atomic E-state index is 0.00261. The molecule has 4 heteroatoms. The number of nitrogen functional groups attached to an aromatic ring is 1. The van der Waals surface area contributed by atoms with Gasteiger partial charge in [0.2, 0.25) is 0 Å². The first-order chi connectivity index (χ1) is 6.77. The van der Waals surface area contributed by atoms with E-state index < -0.39 is 0 Å². The molecule has 1 aliphatic heterocycles. The van der Waals surface area contributed by atoms with Gasteiger partial charge in [0.1, 0.15) is 5.82 Å². The van der Waals surface area contributed by atoms with E-state index in [0.29, 0.717) is 12.4 Å². The van der Waals surface area contributed by atoms with Gasteiger partial charge >= 0.3 is 0 Å². The van der Waals surface area contributed by atoms with E-state index in [4.69, 9.17) is 5.73 Å². The van der Waals surface area contributed by atoms with Gasteiger partial charge in [-0.1, -0.05) is 6.08 Å². The first-order valence-corrected chi connectivity index (χ1v) is 4.47. The van der Waals surface area contributed by atoms with Crippen molar-refractivity contribution in [1.82, 2.24) is 4.98 Å². The summed E-state index contributed by atoms with van der Waals surface area (Å²) in [6.45, 7) is 0.709. The minimum absolute atomic E-state index is 0.00261. The predicted octanol–water partition coefficient (Wildman–Crippen LogP) is 0.957. The largest absolute Gasteiger partial charge is 0.384 e. The quantitative estimate of drug-likeness (QED) is 0.715. The molecule has 0 spiro atoms. The van der Waals surface area contributed by atoms with Crippen LogP contribution < -0.4 is 10.6 Å². The fraction of sp³-hybridized carbons (Fsp3) is 0.200. The standard InChI is InChI=1S/C10H11N3O/c11-9-5-4-8(7-12-9)13-6-2-1-3-10(13)14/h1,3-5,7H,2,6H2,(H2,11,12). The summed E-state index contributed by atoms with van der Waals surface area (Å²) >= 11 is 0. The molecule has 0 bridgehead atoms. The van der Waals surface area contributed by atoms with Gasteiger partial charge in [0.25, 0.3) is 5.91 Å². The Kier molecular flexibility index (Phi) is 2.18. The van der Waals surface area contributed by atoms with E-state index in [1.54, 1.807) is 29.3 Å². The van der Waals surface area contributed by atoms with Gasteiger partial charge in [-0.15, -0.1) is 0 Å². The van der Waals surface area contributed by atoms with E-state index in [9.17, 15) is 4.79 Å². The van der Waals surface area contributed by atoms with Crippen molar-refractivity contribution in [1.29, 1.82) is 0 Å². The molecule has 4 nitrogen and oxygen atoms in total. The first-order valence-electron chi connectivity index (χ1n) is 4.47. The van der Waals surface area contributed by atoms with Gasteiger partial charge in [0.05, 0.1) is 11.9 Å². The number of aromatic nitrogens is 1. The topological polar surface area (TPSA) is 59.2 Å². The van der Waals surface area contributed by atoms with Crippen molar-refractivity contribution in [3.63, 3.8) is 0 Å². The lowest BCUT2D eigenvalue weighted by Crippen LogP contribution is -2.32. The highest BCUT2D eigenvalue weighted by Gasteiger charge is 2.15. The molecule has 0 unspecified atom stereocenters. The monoisotopic (exact) mass is 189 g/mol. The second kappa shape index (κ2) is 3.49. The van der Waals surface area contributed by atoms with Crippen molar-refractivity contribution in [3.8, 4) is 0 Å². The number of carbonyl (C=O) groups excluding carboxylic acids is 1. The number of nitrogens with zero attached hydrogens (tertiary/aromatic N) is 2. The van der Waals surface area contributed by atoms with Crippen LogP contribution in [0, 0.1) is 0 Å². The molecular formula is C10H11N3O. The number of rotatable bonds is 1. The first kappa shape index (κ1) is 8.74. The SMILES string of the molecule is Nc1ccc(N2CCC=CC2=O)cn1. The van der Waals surface area contributed by atoms with Gasteiger partial charge in [-0.05, 0) is 24.6 Å². The summed E-state index contributed by atoms with van der Waals surface area (Å²) in [6, 6.07) is 3.50. The smallest absolute Gasteiger partial charge is 0.250 e. The number of nitrogens with two attached hydrogens (primary N) is 1. The van der Waals surface area contributed by atoms with Crippen LogP contribution in [0.15, 0.2) is 30.5 Å². The summed E-state index contributed by atoms with van der Waals surface area (Å²) < 4.78 is 0. The highest BCUT2D eigenvalue weighted by molar-refractivity contribution is 6.02. The summed E-state index contributed by atoms with van der Waals surface area (Å²) in [5, 5.41) is 0. The van der Waals surface area contributed by atoms with E-state index in [1.165, 1.54) is 0 Å². The zero-order valence-corrected chi connectivity index (χ0v) is 7.68. The second-order valence-corrected chi connectivity index (χ2v) is 3.12. The van der Waals surface area contributed by atoms with Crippen LogP contribution in [0.1, 0.15) is 6.42 Å². The lowest BCUT2D eigenvalue weighted by Gasteiger charge is -2.22. The maximum absolute atomic E-state index is 11.5. The third kappa shape index (κ3) is 1.59. The predicted molar refractivity (Wildman–Crippen MR) is 54.8 cm³/mol. The molecule has 72 valence electrons. The molecule has 0 saturated heterocycles. The normalized spacial score (nSPS) is 16.0. The molecule has 0 aliphatic carbocycles. The molecule has 1 amide bonds. The van der Waals surface area contributed by atoms with Gasteiger partial charge in [-0.3, -0.25) is 4.79 Å². The van der Waals surface area contributed by atoms with Crippen molar-refractivity contribution in [3.05, 3.63) is 30.5 Å². The zero-order valence-electron chi connectivity index (χ0n) is 7.68. The Morgan fingerprint density at radius 3 is 2.93 bits per heavy atom. The summed E-state index contributed by atoms with van der Waals surface area (Å²) in [7, 11) is 0. The maximum atomic E-state index is 11.5. The third-order valence-corrected chi connectivity index (χ3v) is 2.13. The van der Waals surface area contributed by atoms with Crippen molar-refractivity contribution in [2.45, 2.75) is 6.42 Å². The molecule has 0 saturated carbocycles. The van der Waals surface area contributed by atoms with Crippen LogP contribution >= 0.6 is 0 Å². The number of pyridine rings is 1. The number of hydrogen-bond donors (Lipinski definition) is 1. The highest BCUT2D eigenvalue weighted by Crippen LogP contribution is 2.17. The average molecular weight is 189 g/mol. The molecule has 1 aromatic heterocycles. The van der Waals surface area contributed by atoms with Gasteiger partial charge in [0, 0.05) is 6.54 Å². The van der Waals surface area contributed by atoms with Crippen LogP contribution in [0.4, 0.5) is 11.5 Å². The second-order valence-electron chi connectivity index (χ2n) is 3.12. The summed E-state index contributed by atoms with van der Waals surface area (Å²) in [6.07, 6.45) is 5.96. The van der Waals surface area contributed by atoms with Crippen LogP contribution in [0.25, 0.3) is 0 Å². The molecule has 0 atom stereocenters. The summed E-state index contributed by atoms with van der Waals surface area (Å²) in [5.74, 6) is 0.469. The Morgan fingerprint density at radius 1 is 1.43 bits per heavy atom. The number of carbonyl (C=O) groups is 1. The Balaban J connectivity index is 2.26. The van der Waals surface area contributed by atoms with Crippen LogP contribution in [0.3, 0.4) is 0 Å². The van der Waals surface area contributed by atoms with Crippen molar-refractivity contribution in [2.24, 2.45) is 0 Å². The van der Waals surface area contributed by atoms with E-state index in [0.717, 1.165) is 12.1 Å². The van der Waals surface area contributed by atoms with Gasteiger partial charge in [-0.2, -0.15) is 0 Å². The van der Waals surface area contributed by atoms with Crippen molar-refractivity contribution < 1.29 is 4.79 Å². The number of amides is 1. The zero-order chi connectivity index (χ0) is 9.97. The van der Waals surface area contributed by atoms with Crippen LogP contribution in [-0.4, -0.2) is 17.4 Å². The molecule has 0 fully saturated rings. The third-order valence-electron chi connectivity index (χ3n) is 2.13. The lowest BCUT2D eigenvalue weighted by molar-refractivity contribution is -0.114. The van der Waals surface area contributed by atoms with Crippen molar-refractivity contribution >= 4 is 17.4 Å². The van der Waals surface area contributed by atoms with E-state index in [2.05, 4.69) is 4.98 Å². The molecule has 14 heavy (non-hydrogen) atoms. The molecule has 1 aromatic rings. The molecular weight excluding hydrogens is 178 g/mol. The Labute approximate surface area is 82.0 Å². The van der Waals surface area contributed by atoms with Crippen molar-refractivity contribution in [2.75, 3.05) is 17.2 Å². The van der Waals surface area contributed by atoms with Gasteiger partial charge in [0.15, 0.2) is 0 Å². The van der Waals surface area contributed by atoms with Gasteiger partial charge < -0.3 is 10.6 Å². The molecule has 2 rings (SSSR count).